The average molecular weight is 358 g/mol. The van der Waals surface area contributed by atoms with Crippen LogP contribution >= 0.6 is 0 Å². The highest BCUT2D eigenvalue weighted by Gasteiger charge is 2.23. The smallest absolute Gasteiger partial charge is 0.329 e. The Bertz CT molecular complexity index is 687. The summed E-state index contributed by atoms with van der Waals surface area (Å²) in [5.41, 5.74) is 0.200. The molecule has 0 aliphatic rings. The Morgan fingerprint density at radius 3 is 2.58 bits per heavy atom. The molecule has 0 fully saturated rings. The number of carbonyl (C=O) groups excluding carboxylic acids is 1. The minimum absolute atomic E-state index is 0.0356. The summed E-state index contributed by atoms with van der Waals surface area (Å²) in [7, 11) is -2.19. The van der Waals surface area contributed by atoms with Gasteiger partial charge in [0.25, 0.3) is 5.91 Å². The predicted octanol–water partition coefficient (Wildman–Crippen LogP) is 0.547. The third kappa shape index (κ3) is 5.59. The number of carbonyl (C=O) groups is 2. The van der Waals surface area contributed by atoms with Gasteiger partial charge in [0.2, 0.25) is 10.0 Å². The van der Waals surface area contributed by atoms with Gasteiger partial charge in [0.05, 0.1) is 11.5 Å². The van der Waals surface area contributed by atoms with E-state index >= 15 is 0 Å². The largest absolute Gasteiger partial charge is 0.480 e. The number of hydrogen-bond acceptors (Lipinski definition) is 5. The van der Waals surface area contributed by atoms with Crippen LogP contribution in [0.5, 0.6) is 0 Å². The molecule has 1 aromatic carbocycles. The lowest BCUT2D eigenvalue weighted by molar-refractivity contribution is -0.142. The lowest BCUT2D eigenvalue weighted by Crippen LogP contribution is -2.33. The van der Waals surface area contributed by atoms with E-state index in [0.29, 0.717) is 0 Å². The summed E-state index contributed by atoms with van der Waals surface area (Å²) in [6.07, 6.45) is 0. The van der Waals surface area contributed by atoms with Crippen molar-refractivity contribution in [1.82, 2.24) is 9.62 Å². The zero-order valence-corrected chi connectivity index (χ0v) is 14.7. The number of benzene rings is 1. The number of sulfonamides is 1. The number of carboxylic acids is 1. The number of carboxylic acid groups (broad SMARTS) is 1. The summed E-state index contributed by atoms with van der Waals surface area (Å²) >= 11 is 0. The second kappa shape index (κ2) is 8.76. The molecule has 0 radical (unpaired) electrons. The van der Waals surface area contributed by atoms with Crippen LogP contribution in [0.15, 0.2) is 29.2 Å². The van der Waals surface area contributed by atoms with E-state index in [4.69, 9.17) is 9.84 Å². The molecule has 0 heterocycles. The molecule has 0 saturated heterocycles. The first kappa shape index (κ1) is 20.1. The summed E-state index contributed by atoms with van der Waals surface area (Å²) in [5, 5.41) is 11.0. The van der Waals surface area contributed by atoms with Crippen molar-refractivity contribution < 1.29 is 27.9 Å². The molecular formula is C15H22N2O6S. The van der Waals surface area contributed by atoms with Gasteiger partial charge in [-0.25, -0.2) is 13.2 Å². The Hall–Kier alpha value is -1.97. The fraction of sp³-hybridized carbons (Fsp3) is 0.467. The predicted molar refractivity (Wildman–Crippen MR) is 87.3 cm³/mol. The third-order valence-corrected chi connectivity index (χ3v) is 5.29. The zero-order chi connectivity index (χ0) is 18.3. The number of aliphatic carboxylic acids is 1. The number of nitrogens with zero attached hydrogens (tertiary/aromatic N) is 1. The van der Waals surface area contributed by atoms with Gasteiger partial charge in [-0.1, -0.05) is 6.07 Å². The quantitative estimate of drug-likeness (QED) is 0.623. The maximum Gasteiger partial charge on any atom is 0.329 e. The second-order valence-corrected chi connectivity index (χ2v) is 7.34. The number of nitrogens with one attached hydrogen (secondary N) is 1. The molecule has 0 spiro atoms. The van der Waals surface area contributed by atoms with Crippen LogP contribution in [0.25, 0.3) is 0 Å². The highest BCUT2D eigenvalue weighted by Crippen LogP contribution is 2.17. The van der Waals surface area contributed by atoms with E-state index in [-0.39, 0.29) is 29.7 Å². The summed E-state index contributed by atoms with van der Waals surface area (Å²) in [6.45, 7) is 3.24. The molecule has 9 heteroatoms. The van der Waals surface area contributed by atoms with Crippen LogP contribution in [0.1, 0.15) is 24.2 Å². The standard InChI is InChI=1S/C15H22N2O6S/c1-11(2)17(3)24(21,22)13-6-4-5-12(9-13)15(20)16-7-8-23-10-14(18)19/h4-6,9,11H,7-8,10H2,1-3H3,(H,16,20)(H,18,19). The van der Waals surface area contributed by atoms with Crippen molar-refractivity contribution in [2.24, 2.45) is 0 Å². The normalized spacial score (nSPS) is 11.7. The maximum absolute atomic E-state index is 12.4. The van der Waals surface area contributed by atoms with Gasteiger partial charge < -0.3 is 15.2 Å². The van der Waals surface area contributed by atoms with Crippen molar-refractivity contribution in [2.75, 3.05) is 26.8 Å². The molecule has 0 aliphatic heterocycles. The lowest BCUT2D eigenvalue weighted by Gasteiger charge is -2.21. The Kier molecular flexibility index (Phi) is 7.33. The SMILES string of the molecule is CC(C)N(C)S(=O)(=O)c1cccc(C(=O)NCCOCC(=O)O)c1. The van der Waals surface area contributed by atoms with Gasteiger partial charge in [0, 0.05) is 25.2 Å². The van der Waals surface area contributed by atoms with Gasteiger partial charge in [0.1, 0.15) is 6.61 Å². The van der Waals surface area contributed by atoms with Gasteiger partial charge in [-0.2, -0.15) is 4.31 Å². The molecule has 0 saturated carbocycles. The second-order valence-electron chi connectivity index (χ2n) is 5.35. The number of ether oxygens (including phenoxy) is 1. The topological polar surface area (TPSA) is 113 Å². The fourth-order valence-electron chi connectivity index (χ4n) is 1.74. The summed E-state index contributed by atoms with van der Waals surface area (Å²) in [4.78, 5) is 22.3. The summed E-state index contributed by atoms with van der Waals surface area (Å²) in [5.74, 6) is -1.55. The molecule has 1 rings (SSSR count). The first-order valence-electron chi connectivity index (χ1n) is 7.32. The van der Waals surface area contributed by atoms with Gasteiger partial charge >= 0.3 is 5.97 Å². The average Bonchev–Trinajstić information content (AvgIpc) is 2.53. The minimum Gasteiger partial charge on any atom is -0.480 e. The van der Waals surface area contributed by atoms with E-state index in [1.807, 2.05) is 0 Å². The van der Waals surface area contributed by atoms with Crippen molar-refractivity contribution in [3.8, 4) is 0 Å². The molecule has 2 N–H and O–H groups in total. The number of rotatable bonds is 9. The van der Waals surface area contributed by atoms with Crippen LogP contribution < -0.4 is 5.32 Å². The fourth-order valence-corrected chi connectivity index (χ4v) is 3.15. The Morgan fingerprint density at radius 1 is 1.33 bits per heavy atom. The van der Waals surface area contributed by atoms with E-state index in [2.05, 4.69) is 5.32 Å². The molecule has 0 aromatic heterocycles. The van der Waals surface area contributed by atoms with Crippen molar-refractivity contribution in [2.45, 2.75) is 24.8 Å². The maximum atomic E-state index is 12.4. The van der Waals surface area contributed by atoms with Crippen LogP contribution in [-0.4, -0.2) is 62.6 Å². The van der Waals surface area contributed by atoms with E-state index in [1.54, 1.807) is 13.8 Å². The highest BCUT2D eigenvalue weighted by molar-refractivity contribution is 7.89. The van der Waals surface area contributed by atoms with E-state index < -0.39 is 28.5 Å². The minimum atomic E-state index is -3.67. The van der Waals surface area contributed by atoms with Crippen molar-refractivity contribution >= 4 is 21.9 Å². The molecule has 0 unspecified atom stereocenters. The molecule has 0 bridgehead atoms. The lowest BCUT2D eigenvalue weighted by atomic mass is 10.2. The van der Waals surface area contributed by atoms with E-state index in [0.717, 1.165) is 0 Å². The van der Waals surface area contributed by atoms with Gasteiger partial charge in [0.15, 0.2) is 0 Å². The molecule has 0 aliphatic carbocycles. The first-order valence-corrected chi connectivity index (χ1v) is 8.76. The van der Waals surface area contributed by atoms with Gasteiger partial charge in [-0.05, 0) is 32.0 Å². The molecule has 1 amide bonds. The Morgan fingerprint density at radius 2 is 2.00 bits per heavy atom. The monoisotopic (exact) mass is 358 g/mol. The van der Waals surface area contributed by atoms with Gasteiger partial charge in [-0.3, -0.25) is 4.79 Å². The molecule has 134 valence electrons. The molecule has 0 atom stereocenters. The first-order chi connectivity index (χ1) is 11.2. The highest BCUT2D eigenvalue weighted by atomic mass is 32.2. The van der Waals surface area contributed by atoms with Crippen LogP contribution in [0.2, 0.25) is 0 Å². The van der Waals surface area contributed by atoms with Crippen molar-refractivity contribution in [3.63, 3.8) is 0 Å². The summed E-state index contributed by atoms with van der Waals surface area (Å²) in [6, 6.07) is 5.53. The van der Waals surface area contributed by atoms with Crippen molar-refractivity contribution in [1.29, 1.82) is 0 Å². The Labute approximate surface area is 141 Å². The molecule has 24 heavy (non-hydrogen) atoms. The van der Waals surface area contributed by atoms with Crippen LogP contribution in [0.4, 0.5) is 0 Å². The van der Waals surface area contributed by atoms with E-state index in [9.17, 15) is 18.0 Å². The van der Waals surface area contributed by atoms with Crippen LogP contribution in [0.3, 0.4) is 0 Å². The number of hydrogen-bond donors (Lipinski definition) is 2. The Balaban J connectivity index is 2.74. The van der Waals surface area contributed by atoms with Gasteiger partial charge in [-0.15, -0.1) is 0 Å². The summed E-state index contributed by atoms with van der Waals surface area (Å²) < 4.78 is 30.9. The van der Waals surface area contributed by atoms with E-state index in [1.165, 1.54) is 35.6 Å². The van der Waals surface area contributed by atoms with Crippen LogP contribution in [-0.2, 0) is 19.6 Å². The molecule has 8 nitrogen and oxygen atoms in total. The number of amides is 1. The van der Waals surface area contributed by atoms with Crippen LogP contribution in [0, 0.1) is 0 Å². The van der Waals surface area contributed by atoms with Crippen molar-refractivity contribution in [3.05, 3.63) is 29.8 Å². The third-order valence-electron chi connectivity index (χ3n) is 3.26. The molecular weight excluding hydrogens is 336 g/mol. The molecule has 1 aromatic rings. The zero-order valence-electron chi connectivity index (χ0n) is 13.9.